The van der Waals surface area contributed by atoms with Gasteiger partial charge in [0.05, 0.1) is 13.8 Å². The van der Waals surface area contributed by atoms with E-state index >= 15 is 0 Å². The quantitative estimate of drug-likeness (QED) is 0.662. The third kappa shape index (κ3) is 4.43. The minimum absolute atomic E-state index is 0.606. The van der Waals surface area contributed by atoms with Crippen LogP contribution in [-0.4, -0.2) is 39.4 Å². The number of aryl methyl sites for hydroxylation is 2. The van der Waals surface area contributed by atoms with Crippen LogP contribution >= 0.6 is 12.2 Å². The average molecular weight is 387 g/mol. The van der Waals surface area contributed by atoms with E-state index in [2.05, 4.69) is 40.7 Å². The van der Waals surface area contributed by atoms with Gasteiger partial charge in [0.25, 0.3) is 0 Å². The van der Waals surface area contributed by atoms with Crippen molar-refractivity contribution in [2.75, 3.05) is 20.2 Å². The van der Waals surface area contributed by atoms with Crippen molar-refractivity contribution < 1.29 is 4.74 Å². The summed E-state index contributed by atoms with van der Waals surface area (Å²) in [7, 11) is 1.72. The Balaban J connectivity index is 1.25. The number of rotatable bonds is 7. The van der Waals surface area contributed by atoms with Crippen molar-refractivity contribution >= 4 is 12.2 Å². The molecule has 1 aromatic heterocycles. The first kappa shape index (κ1) is 18.7. The van der Waals surface area contributed by atoms with E-state index in [1.54, 1.807) is 7.11 Å². The molecular formula is C21H30N4OS. The molecule has 1 aliphatic carbocycles. The zero-order chi connectivity index (χ0) is 18.8. The number of methoxy groups -OCH3 is 1. The molecule has 2 fully saturated rings. The molecule has 0 spiro atoms. The van der Waals surface area contributed by atoms with Crippen molar-refractivity contribution in [1.29, 1.82) is 0 Å². The largest absolute Gasteiger partial charge is 0.497 e. The normalized spacial score (nSPS) is 18.7. The number of nitrogens with zero attached hydrogens (tertiary/aromatic N) is 4. The Bertz CT molecular complexity index is 814. The minimum atomic E-state index is 0.606. The Morgan fingerprint density at radius 3 is 2.44 bits per heavy atom. The maximum absolute atomic E-state index is 5.66. The summed E-state index contributed by atoms with van der Waals surface area (Å²) in [4.78, 5) is 2.50. The fourth-order valence-corrected chi connectivity index (χ4v) is 4.52. The Labute approximate surface area is 166 Å². The Morgan fingerprint density at radius 2 is 1.81 bits per heavy atom. The molecule has 2 heterocycles. The molecule has 0 bridgehead atoms. The van der Waals surface area contributed by atoms with Crippen LogP contribution < -0.4 is 4.74 Å². The zero-order valence-corrected chi connectivity index (χ0v) is 17.2. The molecule has 1 aliphatic heterocycles. The number of piperidine rings is 1. The van der Waals surface area contributed by atoms with Crippen molar-refractivity contribution in [2.24, 2.45) is 5.92 Å². The predicted molar refractivity (Wildman–Crippen MR) is 110 cm³/mol. The topological polar surface area (TPSA) is 35.2 Å². The fourth-order valence-electron chi connectivity index (χ4n) is 4.14. The van der Waals surface area contributed by atoms with Crippen LogP contribution in [0.5, 0.6) is 5.75 Å². The molecule has 5 nitrogen and oxygen atoms in total. The highest BCUT2D eigenvalue weighted by Crippen LogP contribution is 2.36. The lowest BCUT2D eigenvalue weighted by molar-refractivity contribution is 0.136. The predicted octanol–water partition coefficient (Wildman–Crippen LogP) is 4.37. The van der Waals surface area contributed by atoms with Gasteiger partial charge in [0.1, 0.15) is 11.6 Å². The first-order chi connectivity index (χ1) is 13.1. The number of aromatic nitrogens is 3. The smallest absolute Gasteiger partial charge is 0.199 e. The molecule has 6 heteroatoms. The summed E-state index contributed by atoms with van der Waals surface area (Å²) >= 11 is 5.66. The molecule has 2 aliphatic rings. The molecule has 0 unspecified atom stereocenters. The molecule has 0 amide bonds. The van der Waals surface area contributed by atoms with Crippen LogP contribution in [0.4, 0.5) is 0 Å². The monoisotopic (exact) mass is 386 g/mol. The van der Waals surface area contributed by atoms with E-state index in [-0.39, 0.29) is 0 Å². The highest BCUT2D eigenvalue weighted by molar-refractivity contribution is 7.71. The molecule has 2 aromatic rings. The highest BCUT2D eigenvalue weighted by Gasteiger charge is 2.27. The second-order valence-electron chi connectivity index (χ2n) is 8.02. The van der Waals surface area contributed by atoms with E-state index in [1.165, 1.54) is 37.7 Å². The third-order valence-corrected chi connectivity index (χ3v) is 6.40. The van der Waals surface area contributed by atoms with Gasteiger partial charge in [-0.3, -0.25) is 4.90 Å². The van der Waals surface area contributed by atoms with Crippen LogP contribution in [0.2, 0.25) is 0 Å². The van der Waals surface area contributed by atoms with Gasteiger partial charge in [0.15, 0.2) is 4.77 Å². The van der Waals surface area contributed by atoms with E-state index in [9.17, 15) is 0 Å². The summed E-state index contributed by atoms with van der Waals surface area (Å²) in [6.45, 7) is 5.20. The molecule has 1 saturated carbocycles. The highest BCUT2D eigenvalue weighted by atomic mass is 32.1. The Hall–Kier alpha value is -1.66. The van der Waals surface area contributed by atoms with E-state index in [0.717, 1.165) is 48.4 Å². The standard InChI is InChI=1S/C21H30N4OS/c1-16-22-24(21(27)25(16)19-7-8-19)15-23-13-11-18(12-14-23)4-3-17-5-9-20(26-2)10-6-17/h5-6,9-10,18-19H,3-4,7-8,11-15H2,1-2H3. The molecule has 0 radical (unpaired) electrons. The first-order valence-electron chi connectivity index (χ1n) is 10.2. The van der Waals surface area contributed by atoms with Gasteiger partial charge in [0, 0.05) is 19.1 Å². The molecule has 0 N–H and O–H groups in total. The summed E-state index contributed by atoms with van der Waals surface area (Å²) in [6.07, 6.45) is 7.47. The second-order valence-corrected chi connectivity index (χ2v) is 8.39. The summed E-state index contributed by atoms with van der Waals surface area (Å²) in [5.41, 5.74) is 1.41. The van der Waals surface area contributed by atoms with Gasteiger partial charge < -0.3 is 9.30 Å². The SMILES string of the molecule is COc1ccc(CCC2CCN(Cn3nc(C)n(C4CC4)c3=S)CC2)cc1. The lowest BCUT2D eigenvalue weighted by Crippen LogP contribution is -2.35. The number of hydrogen-bond acceptors (Lipinski definition) is 4. The van der Waals surface area contributed by atoms with Gasteiger partial charge in [-0.1, -0.05) is 12.1 Å². The van der Waals surface area contributed by atoms with Crippen LogP contribution in [0, 0.1) is 17.6 Å². The van der Waals surface area contributed by atoms with Crippen LogP contribution in [0.3, 0.4) is 0 Å². The Kier molecular flexibility index (Phi) is 5.64. The second kappa shape index (κ2) is 8.15. The molecule has 4 rings (SSSR count). The van der Waals surface area contributed by atoms with Crippen molar-refractivity contribution in [2.45, 2.75) is 58.2 Å². The van der Waals surface area contributed by atoms with E-state index < -0.39 is 0 Å². The maximum atomic E-state index is 5.66. The molecule has 27 heavy (non-hydrogen) atoms. The van der Waals surface area contributed by atoms with E-state index in [4.69, 9.17) is 22.1 Å². The van der Waals surface area contributed by atoms with Gasteiger partial charge in [0.2, 0.25) is 0 Å². The van der Waals surface area contributed by atoms with Crippen LogP contribution in [0.25, 0.3) is 0 Å². The Morgan fingerprint density at radius 1 is 1.11 bits per heavy atom. The lowest BCUT2D eigenvalue weighted by Gasteiger charge is -2.31. The number of ether oxygens (including phenoxy) is 1. The van der Waals surface area contributed by atoms with E-state index in [0.29, 0.717) is 6.04 Å². The lowest BCUT2D eigenvalue weighted by atomic mass is 9.91. The number of hydrogen-bond donors (Lipinski definition) is 0. The van der Waals surface area contributed by atoms with Gasteiger partial charge in [-0.05, 0) is 81.3 Å². The summed E-state index contributed by atoms with van der Waals surface area (Å²) in [5.74, 6) is 2.82. The van der Waals surface area contributed by atoms with Crippen molar-refractivity contribution in [3.05, 3.63) is 40.4 Å². The molecule has 1 saturated heterocycles. The van der Waals surface area contributed by atoms with Crippen LogP contribution in [0.1, 0.15) is 49.5 Å². The molecule has 146 valence electrons. The number of likely N-dealkylation sites (tertiary alicyclic amines) is 1. The minimum Gasteiger partial charge on any atom is -0.497 e. The van der Waals surface area contributed by atoms with Crippen molar-refractivity contribution in [1.82, 2.24) is 19.2 Å². The summed E-state index contributed by atoms with van der Waals surface area (Å²) in [5, 5.41) is 4.70. The van der Waals surface area contributed by atoms with Gasteiger partial charge in [-0.25, -0.2) is 4.68 Å². The molecule has 1 aromatic carbocycles. The molecule has 0 atom stereocenters. The van der Waals surface area contributed by atoms with Crippen molar-refractivity contribution in [3.63, 3.8) is 0 Å². The zero-order valence-electron chi connectivity index (χ0n) is 16.4. The van der Waals surface area contributed by atoms with Gasteiger partial charge in [-0.15, -0.1) is 0 Å². The van der Waals surface area contributed by atoms with Gasteiger partial charge >= 0.3 is 0 Å². The van der Waals surface area contributed by atoms with Crippen LogP contribution in [0.15, 0.2) is 24.3 Å². The summed E-state index contributed by atoms with van der Waals surface area (Å²) in [6, 6.07) is 9.10. The first-order valence-corrected chi connectivity index (χ1v) is 10.6. The third-order valence-electron chi connectivity index (χ3n) is 5.99. The van der Waals surface area contributed by atoms with E-state index in [1.807, 2.05) is 4.68 Å². The van der Waals surface area contributed by atoms with Crippen LogP contribution in [-0.2, 0) is 13.1 Å². The van der Waals surface area contributed by atoms with Crippen molar-refractivity contribution in [3.8, 4) is 5.75 Å². The molecular weight excluding hydrogens is 356 g/mol. The maximum Gasteiger partial charge on any atom is 0.199 e. The number of benzene rings is 1. The fraction of sp³-hybridized carbons (Fsp3) is 0.619. The van der Waals surface area contributed by atoms with Gasteiger partial charge in [-0.2, -0.15) is 5.10 Å². The summed E-state index contributed by atoms with van der Waals surface area (Å²) < 4.78 is 10.4. The average Bonchev–Trinajstić information content (AvgIpc) is 3.48.